The van der Waals surface area contributed by atoms with E-state index in [0.717, 1.165) is 53.6 Å². The molecule has 0 saturated carbocycles. The second-order valence-corrected chi connectivity index (χ2v) is 6.80. The molecule has 0 radical (unpaired) electrons. The number of methoxy groups -OCH3 is 2. The van der Waals surface area contributed by atoms with Crippen LogP contribution in [0, 0.1) is 0 Å². The number of nitrogens with zero attached hydrogens (tertiary/aromatic N) is 2. The Morgan fingerprint density at radius 3 is 1.70 bits per heavy atom. The van der Waals surface area contributed by atoms with E-state index >= 15 is 0 Å². The molecule has 0 saturated heterocycles. The van der Waals surface area contributed by atoms with Crippen molar-refractivity contribution < 1.29 is 9.47 Å². The van der Waals surface area contributed by atoms with Gasteiger partial charge in [0.05, 0.1) is 25.6 Å². The van der Waals surface area contributed by atoms with Crippen LogP contribution in [0.4, 0.5) is 11.4 Å². The molecule has 0 heterocycles. The molecule has 0 aliphatic carbocycles. The van der Waals surface area contributed by atoms with Gasteiger partial charge in [0.2, 0.25) is 0 Å². The summed E-state index contributed by atoms with van der Waals surface area (Å²) in [6.45, 7) is 2.11. The molecule has 0 N–H and O–H groups in total. The summed E-state index contributed by atoms with van der Waals surface area (Å²) >= 11 is 0. The van der Waals surface area contributed by atoms with Crippen LogP contribution in [0.3, 0.4) is 0 Å². The molecule has 0 aliphatic rings. The summed E-state index contributed by atoms with van der Waals surface area (Å²) in [5, 5.41) is 0. The zero-order valence-corrected chi connectivity index (χ0v) is 17.8. The predicted octanol–water partition coefficient (Wildman–Crippen LogP) is 6.59. The Morgan fingerprint density at radius 1 is 0.667 bits per heavy atom. The monoisotopic (exact) mass is 400 g/mol. The number of hydrogen-bond donors (Lipinski definition) is 0. The predicted molar refractivity (Wildman–Crippen MR) is 125 cm³/mol. The van der Waals surface area contributed by atoms with E-state index in [4.69, 9.17) is 19.5 Å². The molecule has 0 fully saturated rings. The van der Waals surface area contributed by atoms with E-state index in [-0.39, 0.29) is 0 Å². The Kier molecular flexibility index (Phi) is 7.78. The van der Waals surface area contributed by atoms with Gasteiger partial charge >= 0.3 is 0 Å². The Labute approximate surface area is 178 Å². The van der Waals surface area contributed by atoms with Crippen molar-refractivity contribution >= 4 is 22.8 Å². The molecule has 3 aromatic carbocycles. The molecule has 4 nitrogen and oxygen atoms in total. The fraction of sp³-hybridized carbons (Fsp3) is 0.231. The van der Waals surface area contributed by atoms with Gasteiger partial charge in [0.1, 0.15) is 22.9 Å². The van der Waals surface area contributed by atoms with Crippen molar-refractivity contribution in [1.82, 2.24) is 0 Å². The SMILES string of the molecule is CCC(=Nc1ccccc1OC)C(CCc1ccccc1)=Nc1ccccc1OC. The Hall–Kier alpha value is -3.40. The minimum Gasteiger partial charge on any atom is -0.494 e. The largest absolute Gasteiger partial charge is 0.494 e. The lowest BCUT2D eigenvalue weighted by Crippen LogP contribution is -2.14. The van der Waals surface area contributed by atoms with Crippen molar-refractivity contribution in [3.63, 3.8) is 0 Å². The summed E-state index contributed by atoms with van der Waals surface area (Å²) in [5.41, 5.74) is 4.80. The molecule has 0 unspecified atom stereocenters. The minimum absolute atomic E-state index is 0.752. The molecule has 0 aliphatic heterocycles. The molecular weight excluding hydrogens is 372 g/mol. The van der Waals surface area contributed by atoms with Crippen molar-refractivity contribution in [1.29, 1.82) is 0 Å². The van der Waals surface area contributed by atoms with Crippen LogP contribution in [-0.4, -0.2) is 25.6 Å². The van der Waals surface area contributed by atoms with Gasteiger partial charge < -0.3 is 9.47 Å². The van der Waals surface area contributed by atoms with Gasteiger partial charge in [-0.2, -0.15) is 0 Å². The quantitative estimate of drug-likeness (QED) is 0.380. The first-order valence-electron chi connectivity index (χ1n) is 10.2. The van der Waals surface area contributed by atoms with E-state index in [0.29, 0.717) is 0 Å². The lowest BCUT2D eigenvalue weighted by atomic mass is 10.0. The molecule has 30 heavy (non-hydrogen) atoms. The number of benzene rings is 3. The summed E-state index contributed by atoms with van der Waals surface area (Å²) in [7, 11) is 3.33. The average molecular weight is 401 g/mol. The number of aliphatic imine (C=N–C) groups is 2. The first kappa shape index (κ1) is 21.3. The molecule has 0 atom stereocenters. The second-order valence-electron chi connectivity index (χ2n) is 6.80. The van der Waals surface area contributed by atoms with Gasteiger partial charge in [0.15, 0.2) is 0 Å². The van der Waals surface area contributed by atoms with Crippen molar-refractivity contribution in [2.45, 2.75) is 26.2 Å². The van der Waals surface area contributed by atoms with Crippen LogP contribution in [0.2, 0.25) is 0 Å². The van der Waals surface area contributed by atoms with Crippen LogP contribution in [-0.2, 0) is 6.42 Å². The van der Waals surface area contributed by atoms with E-state index in [2.05, 4.69) is 31.2 Å². The standard InChI is InChI=1S/C26H28N2O2/c1-4-21(27-23-14-8-10-16-25(23)29-2)22(19-18-20-12-6-5-7-13-20)28-24-15-9-11-17-26(24)30-3/h5-17H,4,18-19H2,1-3H3. The van der Waals surface area contributed by atoms with Crippen LogP contribution < -0.4 is 9.47 Å². The van der Waals surface area contributed by atoms with E-state index in [1.165, 1.54) is 5.56 Å². The maximum absolute atomic E-state index is 5.51. The lowest BCUT2D eigenvalue weighted by Gasteiger charge is -2.12. The Balaban J connectivity index is 2.02. The number of rotatable bonds is 9. The van der Waals surface area contributed by atoms with Gasteiger partial charge in [0, 0.05) is 0 Å². The molecule has 154 valence electrons. The molecule has 4 heteroatoms. The van der Waals surface area contributed by atoms with Crippen molar-refractivity contribution in [3.05, 3.63) is 84.4 Å². The maximum Gasteiger partial charge on any atom is 0.144 e. The molecule has 0 amide bonds. The van der Waals surface area contributed by atoms with Gasteiger partial charge in [-0.05, 0) is 49.1 Å². The van der Waals surface area contributed by atoms with Gasteiger partial charge in [-0.25, -0.2) is 9.98 Å². The second kappa shape index (κ2) is 11.0. The van der Waals surface area contributed by atoms with E-state index < -0.39 is 0 Å². The van der Waals surface area contributed by atoms with Crippen LogP contribution in [0.15, 0.2) is 88.8 Å². The highest BCUT2D eigenvalue weighted by molar-refractivity contribution is 6.43. The summed E-state index contributed by atoms with van der Waals surface area (Å²) in [6, 6.07) is 26.1. The van der Waals surface area contributed by atoms with Crippen molar-refractivity contribution in [2.24, 2.45) is 9.98 Å². The summed E-state index contributed by atoms with van der Waals surface area (Å²) in [5.74, 6) is 1.51. The normalized spacial score (nSPS) is 12.0. The molecule has 3 aromatic rings. The van der Waals surface area contributed by atoms with Crippen LogP contribution in [0.1, 0.15) is 25.3 Å². The summed E-state index contributed by atoms with van der Waals surface area (Å²) < 4.78 is 11.0. The molecule has 0 spiro atoms. The minimum atomic E-state index is 0.752. The van der Waals surface area contributed by atoms with E-state index in [1.807, 2.05) is 54.6 Å². The summed E-state index contributed by atoms with van der Waals surface area (Å²) in [6.07, 6.45) is 2.43. The highest BCUT2D eigenvalue weighted by Gasteiger charge is 2.12. The van der Waals surface area contributed by atoms with Gasteiger partial charge in [-0.15, -0.1) is 0 Å². The average Bonchev–Trinajstić information content (AvgIpc) is 2.81. The van der Waals surface area contributed by atoms with Crippen LogP contribution >= 0.6 is 0 Å². The Bertz CT molecular complexity index is 1010. The zero-order valence-electron chi connectivity index (χ0n) is 17.8. The lowest BCUT2D eigenvalue weighted by molar-refractivity contribution is 0.416. The first-order chi connectivity index (χ1) is 14.7. The number of hydrogen-bond acceptors (Lipinski definition) is 4. The highest BCUT2D eigenvalue weighted by atomic mass is 16.5. The number of aryl methyl sites for hydroxylation is 1. The first-order valence-corrected chi connectivity index (χ1v) is 10.2. The van der Waals surface area contributed by atoms with Gasteiger partial charge in [0.25, 0.3) is 0 Å². The summed E-state index contributed by atoms with van der Waals surface area (Å²) in [4.78, 5) is 9.92. The highest BCUT2D eigenvalue weighted by Crippen LogP contribution is 2.29. The maximum atomic E-state index is 5.51. The van der Waals surface area contributed by atoms with Crippen molar-refractivity contribution in [2.75, 3.05) is 14.2 Å². The molecular formula is C26H28N2O2. The van der Waals surface area contributed by atoms with Crippen LogP contribution in [0.25, 0.3) is 0 Å². The third kappa shape index (κ3) is 5.57. The van der Waals surface area contributed by atoms with Gasteiger partial charge in [-0.1, -0.05) is 61.5 Å². The third-order valence-corrected chi connectivity index (χ3v) is 4.84. The smallest absolute Gasteiger partial charge is 0.144 e. The van der Waals surface area contributed by atoms with Crippen molar-refractivity contribution in [3.8, 4) is 11.5 Å². The zero-order chi connectivity index (χ0) is 21.2. The topological polar surface area (TPSA) is 43.2 Å². The number of ether oxygens (including phenoxy) is 2. The van der Waals surface area contributed by atoms with Crippen LogP contribution in [0.5, 0.6) is 11.5 Å². The molecule has 0 aromatic heterocycles. The molecule has 0 bridgehead atoms. The van der Waals surface area contributed by atoms with E-state index in [1.54, 1.807) is 14.2 Å². The Morgan fingerprint density at radius 2 is 1.17 bits per heavy atom. The van der Waals surface area contributed by atoms with Gasteiger partial charge in [-0.3, -0.25) is 0 Å². The fourth-order valence-electron chi connectivity index (χ4n) is 3.25. The van der Waals surface area contributed by atoms with E-state index in [9.17, 15) is 0 Å². The number of para-hydroxylation sites is 4. The fourth-order valence-corrected chi connectivity index (χ4v) is 3.25. The molecule has 3 rings (SSSR count). The third-order valence-electron chi connectivity index (χ3n) is 4.84.